The highest BCUT2D eigenvalue weighted by atomic mass is 35.5. The number of rotatable bonds is 2. The molecule has 0 fully saturated rings. The number of fused-ring (bicyclic) bond motifs is 1. The van der Waals surface area contributed by atoms with Crippen LogP contribution in [0.15, 0.2) is 18.3 Å². The van der Waals surface area contributed by atoms with E-state index in [2.05, 4.69) is 9.97 Å². The predicted octanol–water partition coefficient (Wildman–Crippen LogP) is 2.22. The zero-order valence-corrected chi connectivity index (χ0v) is 9.99. The number of halogens is 1. The Hall–Kier alpha value is -1.88. The minimum Gasteiger partial charge on any atom is -0.481 e. The Morgan fingerprint density at radius 3 is 2.82 bits per heavy atom. The minimum absolute atomic E-state index is 0.197. The van der Waals surface area contributed by atoms with Gasteiger partial charge in [-0.05, 0) is 6.07 Å². The van der Waals surface area contributed by atoms with E-state index in [1.807, 2.05) is 0 Å². The summed E-state index contributed by atoms with van der Waals surface area (Å²) in [5.41, 5.74) is 0.971. The van der Waals surface area contributed by atoms with Gasteiger partial charge in [-0.1, -0.05) is 11.6 Å². The quantitative estimate of drug-likeness (QED) is 0.767. The number of carbonyl (C=O) groups excluding carboxylic acids is 1. The minimum atomic E-state index is -0.469. The van der Waals surface area contributed by atoms with Crippen molar-refractivity contribution in [2.45, 2.75) is 6.92 Å². The molecule has 0 amide bonds. The van der Waals surface area contributed by atoms with Gasteiger partial charge in [-0.25, -0.2) is 4.98 Å². The molecule has 0 aromatic carbocycles. The van der Waals surface area contributed by atoms with Gasteiger partial charge in [0.1, 0.15) is 10.5 Å². The van der Waals surface area contributed by atoms with Crippen molar-refractivity contribution in [2.75, 3.05) is 7.11 Å². The summed E-state index contributed by atoms with van der Waals surface area (Å²) in [4.78, 5) is 19.2. The summed E-state index contributed by atoms with van der Waals surface area (Å²) in [6, 6.07) is 3.38. The monoisotopic (exact) mass is 252 g/mol. The van der Waals surface area contributed by atoms with Crippen molar-refractivity contribution in [1.82, 2.24) is 9.97 Å². The number of aromatic nitrogens is 2. The molecule has 0 atom stereocenters. The second-order valence-electron chi connectivity index (χ2n) is 3.25. The SMILES string of the molecule is COc1ccc2ncc(Cl)c(OC(C)=O)c2n1. The molecule has 0 aliphatic carbocycles. The van der Waals surface area contributed by atoms with Crippen LogP contribution in [0.2, 0.25) is 5.02 Å². The summed E-state index contributed by atoms with van der Waals surface area (Å²) in [7, 11) is 1.50. The van der Waals surface area contributed by atoms with E-state index in [1.54, 1.807) is 12.1 Å². The first kappa shape index (κ1) is 11.6. The van der Waals surface area contributed by atoms with Crippen molar-refractivity contribution in [3.05, 3.63) is 23.4 Å². The van der Waals surface area contributed by atoms with Gasteiger partial charge in [-0.2, -0.15) is 0 Å². The molecule has 0 N–H and O–H groups in total. The molecule has 2 aromatic rings. The summed E-state index contributed by atoms with van der Waals surface area (Å²) in [6.07, 6.45) is 1.41. The Morgan fingerprint density at radius 2 is 2.18 bits per heavy atom. The van der Waals surface area contributed by atoms with Crippen molar-refractivity contribution < 1.29 is 14.3 Å². The van der Waals surface area contributed by atoms with Gasteiger partial charge in [-0.15, -0.1) is 0 Å². The van der Waals surface area contributed by atoms with E-state index in [0.29, 0.717) is 16.9 Å². The number of pyridine rings is 2. The van der Waals surface area contributed by atoms with Crippen molar-refractivity contribution in [2.24, 2.45) is 0 Å². The Kier molecular flexibility index (Phi) is 3.10. The number of hydrogen-bond donors (Lipinski definition) is 0. The number of hydrogen-bond acceptors (Lipinski definition) is 5. The van der Waals surface area contributed by atoms with E-state index in [4.69, 9.17) is 21.1 Å². The zero-order valence-electron chi connectivity index (χ0n) is 9.23. The maximum Gasteiger partial charge on any atom is 0.308 e. The Morgan fingerprint density at radius 1 is 1.41 bits per heavy atom. The van der Waals surface area contributed by atoms with E-state index in [-0.39, 0.29) is 10.8 Å². The topological polar surface area (TPSA) is 61.3 Å². The van der Waals surface area contributed by atoms with E-state index in [0.717, 1.165) is 0 Å². The lowest BCUT2D eigenvalue weighted by molar-refractivity contribution is -0.131. The standard InChI is InChI=1S/C11H9ClN2O3/c1-6(15)17-11-7(12)5-13-8-3-4-9(16-2)14-10(8)11/h3-5H,1-2H3. The first-order valence-corrected chi connectivity index (χ1v) is 5.17. The zero-order chi connectivity index (χ0) is 12.4. The summed E-state index contributed by atoms with van der Waals surface area (Å²) in [6.45, 7) is 1.29. The van der Waals surface area contributed by atoms with Crippen molar-refractivity contribution in [3.8, 4) is 11.6 Å². The average molecular weight is 253 g/mol. The van der Waals surface area contributed by atoms with Gasteiger partial charge in [0.15, 0.2) is 5.75 Å². The third-order valence-electron chi connectivity index (χ3n) is 2.05. The van der Waals surface area contributed by atoms with Gasteiger partial charge in [-0.3, -0.25) is 9.78 Å². The molecule has 5 nitrogen and oxygen atoms in total. The number of ether oxygens (including phenoxy) is 2. The predicted molar refractivity (Wildman–Crippen MR) is 62.4 cm³/mol. The van der Waals surface area contributed by atoms with Crippen LogP contribution in [0.25, 0.3) is 11.0 Å². The normalized spacial score (nSPS) is 10.3. The van der Waals surface area contributed by atoms with Crippen LogP contribution in [-0.4, -0.2) is 23.0 Å². The summed E-state index contributed by atoms with van der Waals surface area (Å²) >= 11 is 5.92. The fourth-order valence-electron chi connectivity index (χ4n) is 1.36. The lowest BCUT2D eigenvalue weighted by atomic mass is 10.3. The maximum atomic E-state index is 11.0. The lowest BCUT2D eigenvalue weighted by Gasteiger charge is -2.07. The van der Waals surface area contributed by atoms with Crippen LogP contribution < -0.4 is 9.47 Å². The molecule has 0 aliphatic rings. The molecule has 2 rings (SSSR count). The molecule has 17 heavy (non-hydrogen) atoms. The number of carbonyl (C=O) groups is 1. The molecule has 6 heteroatoms. The Labute approximate surface area is 102 Å². The van der Waals surface area contributed by atoms with Crippen LogP contribution >= 0.6 is 11.6 Å². The van der Waals surface area contributed by atoms with Gasteiger partial charge >= 0.3 is 5.97 Å². The molecular weight excluding hydrogens is 244 g/mol. The molecule has 0 saturated carbocycles. The lowest BCUT2D eigenvalue weighted by Crippen LogP contribution is -2.04. The molecule has 0 bridgehead atoms. The number of nitrogens with zero attached hydrogens (tertiary/aromatic N) is 2. The van der Waals surface area contributed by atoms with Gasteiger partial charge < -0.3 is 9.47 Å². The Balaban J connectivity index is 2.68. The van der Waals surface area contributed by atoms with E-state index < -0.39 is 5.97 Å². The molecule has 2 heterocycles. The second kappa shape index (κ2) is 4.55. The first-order chi connectivity index (χ1) is 8.11. The van der Waals surface area contributed by atoms with Crippen LogP contribution in [0.5, 0.6) is 11.6 Å². The molecule has 0 aliphatic heterocycles. The highest BCUT2D eigenvalue weighted by Gasteiger charge is 2.13. The Bertz CT molecular complexity index is 586. The van der Waals surface area contributed by atoms with Gasteiger partial charge in [0, 0.05) is 13.0 Å². The van der Waals surface area contributed by atoms with E-state index in [9.17, 15) is 4.79 Å². The van der Waals surface area contributed by atoms with Gasteiger partial charge in [0.05, 0.1) is 18.8 Å². The molecule has 0 unspecified atom stereocenters. The van der Waals surface area contributed by atoms with E-state index in [1.165, 1.54) is 20.2 Å². The van der Waals surface area contributed by atoms with Gasteiger partial charge in [0.2, 0.25) is 5.88 Å². The van der Waals surface area contributed by atoms with Crippen molar-refractivity contribution in [3.63, 3.8) is 0 Å². The molecule has 2 aromatic heterocycles. The van der Waals surface area contributed by atoms with Crippen LogP contribution in [0.3, 0.4) is 0 Å². The first-order valence-electron chi connectivity index (χ1n) is 4.79. The smallest absolute Gasteiger partial charge is 0.308 e. The van der Waals surface area contributed by atoms with Crippen molar-refractivity contribution >= 4 is 28.6 Å². The third-order valence-corrected chi connectivity index (χ3v) is 2.32. The largest absolute Gasteiger partial charge is 0.481 e. The maximum absolute atomic E-state index is 11.0. The summed E-state index contributed by atoms with van der Waals surface area (Å²) in [5, 5.41) is 0.230. The van der Waals surface area contributed by atoms with Crippen LogP contribution in [0, 0.1) is 0 Å². The highest BCUT2D eigenvalue weighted by molar-refractivity contribution is 6.33. The highest BCUT2D eigenvalue weighted by Crippen LogP contribution is 2.31. The molecule has 0 spiro atoms. The summed E-state index contributed by atoms with van der Waals surface area (Å²) in [5.74, 6) is 0.127. The number of methoxy groups -OCH3 is 1. The van der Waals surface area contributed by atoms with Gasteiger partial charge in [0.25, 0.3) is 0 Å². The number of esters is 1. The van der Waals surface area contributed by atoms with Crippen LogP contribution in [0.1, 0.15) is 6.92 Å². The summed E-state index contributed by atoms with van der Waals surface area (Å²) < 4.78 is 10.0. The fourth-order valence-corrected chi connectivity index (χ4v) is 1.53. The second-order valence-corrected chi connectivity index (χ2v) is 3.66. The van der Waals surface area contributed by atoms with E-state index >= 15 is 0 Å². The molecule has 0 saturated heterocycles. The van der Waals surface area contributed by atoms with Crippen LogP contribution in [-0.2, 0) is 4.79 Å². The molecular formula is C11H9ClN2O3. The third kappa shape index (κ3) is 2.29. The average Bonchev–Trinajstić information content (AvgIpc) is 2.32. The fraction of sp³-hybridized carbons (Fsp3) is 0.182. The molecule has 88 valence electrons. The van der Waals surface area contributed by atoms with Crippen molar-refractivity contribution in [1.29, 1.82) is 0 Å². The van der Waals surface area contributed by atoms with Crippen LogP contribution in [0.4, 0.5) is 0 Å². The molecule has 0 radical (unpaired) electrons.